The molecule has 3 rings (SSSR count). The number of para-hydroxylation sites is 2. The number of nitrogens with one attached hydrogen (secondary N) is 2. The molecule has 94 valence electrons. The van der Waals surface area contributed by atoms with Crippen LogP contribution in [0.4, 0.5) is 5.82 Å². The van der Waals surface area contributed by atoms with Crippen LogP contribution in [-0.4, -0.2) is 36.2 Å². The number of rotatable bonds is 3. The summed E-state index contributed by atoms with van der Waals surface area (Å²) in [4.78, 5) is 9.05. The van der Waals surface area contributed by atoms with E-state index in [1.54, 1.807) is 0 Å². The Balaban J connectivity index is 1.97. The summed E-state index contributed by atoms with van der Waals surface area (Å²) >= 11 is 0. The van der Waals surface area contributed by atoms with Gasteiger partial charge in [0.1, 0.15) is 6.10 Å². The smallest absolute Gasteiger partial charge is 0.258 e. The molecule has 0 radical (unpaired) electrons. The van der Waals surface area contributed by atoms with Crippen molar-refractivity contribution in [3.8, 4) is 5.88 Å². The summed E-state index contributed by atoms with van der Waals surface area (Å²) in [6.07, 6.45) is 1.20. The van der Waals surface area contributed by atoms with E-state index in [-0.39, 0.29) is 6.10 Å². The summed E-state index contributed by atoms with van der Waals surface area (Å²) in [5.41, 5.74) is 1.73. The molecule has 1 aliphatic heterocycles. The topological polar surface area (TPSA) is 59.1 Å². The summed E-state index contributed by atoms with van der Waals surface area (Å²) in [5, 5.41) is 6.32. The zero-order valence-corrected chi connectivity index (χ0v) is 10.3. The summed E-state index contributed by atoms with van der Waals surface area (Å²) < 4.78 is 5.91. The summed E-state index contributed by atoms with van der Waals surface area (Å²) in [6, 6.07) is 7.81. The van der Waals surface area contributed by atoms with Gasteiger partial charge in [-0.2, -0.15) is 0 Å². The van der Waals surface area contributed by atoms with E-state index in [1.165, 1.54) is 0 Å². The maximum Gasteiger partial charge on any atom is 0.258 e. The third-order valence-corrected chi connectivity index (χ3v) is 3.07. The lowest BCUT2D eigenvalue weighted by Crippen LogP contribution is -2.21. The summed E-state index contributed by atoms with van der Waals surface area (Å²) in [6.45, 7) is 1.87. The van der Waals surface area contributed by atoms with Gasteiger partial charge in [0.15, 0.2) is 5.82 Å². The Morgan fingerprint density at radius 1 is 1.28 bits per heavy atom. The first kappa shape index (κ1) is 11.2. The van der Waals surface area contributed by atoms with Gasteiger partial charge < -0.3 is 15.4 Å². The number of hydrogen-bond acceptors (Lipinski definition) is 5. The van der Waals surface area contributed by atoms with Crippen LogP contribution in [0.1, 0.15) is 6.42 Å². The average molecular weight is 244 g/mol. The molecule has 2 N–H and O–H groups in total. The average Bonchev–Trinajstić information content (AvgIpc) is 2.91. The molecule has 1 aromatic carbocycles. The van der Waals surface area contributed by atoms with Gasteiger partial charge >= 0.3 is 0 Å². The van der Waals surface area contributed by atoms with Crippen LogP contribution in [-0.2, 0) is 0 Å². The van der Waals surface area contributed by atoms with Crippen molar-refractivity contribution in [1.82, 2.24) is 15.3 Å². The molecule has 0 spiro atoms. The van der Waals surface area contributed by atoms with Crippen molar-refractivity contribution in [3.05, 3.63) is 24.3 Å². The molecule has 0 unspecified atom stereocenters. The highest BCUT2D eigenvalue weighted by atomic mass is 16.5. The van der Waals surface area contributed by atoms with Crippen molar-refractivity contribution in [3.63, 3.8) is 0 Å². The molecule has 1 atom stereocenters. The quantitative estimate of drug-likeness (QED) is 0.855. The zero-order chi connectivity index (χ0) is 12.4. The molecule has 1 fully saturated rings. The van der Waals surface area contributed by atoms with Gasteiger partial charge in [0.05, 0.1) is 11.0 Å². The number of ether oxygens (including phenoxy) is 1. The van der Waals surface area contributed by atoms with Gasteiger partial charge in [-0.15, -0.1) is 0 Å². The third-order valence-electron chi connectivity index (χ3n) is 3.07. The summed E-state index contributed by atoms with van der Waals surface area (Å²) in [7, 11) is 1.83. The van der Waals surface area contributed by atoms with E-state index >= 15 is 0 Å². The normalized spacial score (nSPS) is 19.1. The molecular formula is C13H16N4O. The second-order valence-corrected chi connectivity index (χ2v) is 4.35. The number of benzene rings is 1. The van der Waals surface area contributed by atoms with Crippen LogP contribution in [0.5, 0.6) is 5.88 Å². The Morgan fingerprint density at radius 3 is 2.72 bits per heavy atom. The van der Waals surface area contributed by atoms with E-state index in [4.69, 9.17) is 4.74 Å². The van der Waals surface area contributed by atoms with E-state index in [2.05, 4.69) is 20.6 Å². The van der Waals surface area contributed by atoms with Crippen LogP contribution in [0, 0.1) is 0 Å². The lowest BCUT2D eigenvalue weighted by Gasteiger charge is -2.14. The molecular weight excluding hydrogens is 228 g/mol. The monoisotopic (exact) mass is 244 g/mol. The third kappa shape index (κ3) is 2.09. The first-order chi connectivity index (χ1) is 8.86. The van der Waals surface area contributed by atoms with E-state index in [1.807, 2.05) is 31.3 Å². The van der Waals surface area contributed by atoms with Gasteiger partial charge in [0.25, 0.3) is 5.88 Å². The highest BCUT2D eigenvalue weighted by molar-refractivity contribution is 5.77. The Hall–Kier alpha value is -1.88. The van der Waals surface area contributed by atoms with Gasteiger partial charge in [0.2, 0.25) is 0 Å². The van der Waals surface area contributed by atoms with Crippen molar-refractivity contribution in [2.45, 2.75) is 12.5 Å². The maximum absolute atomic E-state index is 5.91. The van der Waals surface area contributed by atoms with Crippen LogP contribution in [0.25, 0.3) is 11.0 Å². The van der Waals surface area contributed by atoms with Gasteiger partial charge in [-0.3, -0.25) is 0 Å². The zero-order valence-electron chi connectivity index (χ0n) is 10.3. The Morgan fingerprint density at radius 2 is 2.06 bits per heavy atom. The highest BCUT2D eigenvalue weighted by Crippen LogP contribution is 2.24. The Kier molecular flexibility index (Phi) is 2.98. The second-order valence-electron chi connectivity index (χ2n) is 4.35. The van der Waals surface area contributed by atoms with Gasteiger partial charge in [-0.1, -0.05) is 12.1 Å². The minimum Gasteiger partial charge on any atom is -0.470 e. The van der Waals surface area contributed by atoms with Crippen LogP contribution >= 0.6 is 0 Å². The molecule has 18 heavy (non-hydrogen) atoms. The molecule has 2 heterocycles. The number of aromatic nitrogens is 2. The van der Waals surface area contributed by atoms with E-state index in [0.29, 0.717) is 11.7 Å². The number of anilines is 1. The molecule has 1 saturated heterocycles. The number of nitrogens with zero attached hydrogens (tertiary/aromatic N) is 2. The molecule has 2 aromatic rings. The molecule has 0 aliphatic carbocycles. The van der Waals surface area contributed by atoms with Crippen LogP contribution in [0.2, 0.25) is 0 Å². The Labute approximate surface area is 106 Å². The number of hydrogen-bond donors (Lipinski definition) is 2. The fraction of sp³-hybridized carbons (Fsp3) is 0.385. The second kappa shape index (κ2) is 4.78. The molecule has 1 aromatic heterocycles. The van der Waals surface area contributed by atoms with Crippen molar-refractivity contribution in [2.75, 3.05) is 25.5 Å². The Bertz CT molecular complexity index is 552. The van der Waals surface area contributed by atoms with Gasteiger partial charge in [-0.25, -0.2) is 9.97 Å². The predicted octanol–water partition coefficient (Wildman–Crippen LogP) is 1.41. The van der Waals surface area contributed by atoms with Crippen molar-refractivity contribution in [2.24, 2.45) is 0 Å². The first-order valence-corrected chi connectivity index (χ1v) is 6.19. The maximum atomic E-state index is 5.91. The minimum atomic E-state index is 0.188. The van der Waals surface area contributed by atoms with Crippen LogP contribution < -0.4 is 15.4 Å². The minimum absolute atomic E-state index is 0.188. The van der Waals surface area contributed by atoms with Crippen molar-refractivity contribution in [1.29, 1.82) is 0 Å². The standard InChI is InChI=1S/C13H16N4O/c1-14-12-13(18-9-6-7-15-8-9)17-11-5-3-2-4-10(11)16-12/h2-5,9,15H,6-8H2,1H3,(H,14,16)/t9-/m0/s1. The van der Waals surface area contributed by atoms with Crippen molar-refractivity contribution >= 4 is 16.9 Å². The molecule has 0 saturated carbocycles. The van der Waals surface area contributed by atoms with Gasteiger partial charge in [-0.05, 0) is 25.1 Å². The number of fused-ring (bicyclic) bond motifs is 1. The summed E-state index contributed by atoms with van der Waals surface area (Å²) in [5.74, 6) is 1.28. The van der Waals surface area contributed by atoms with E-state index in [0.717, 1.165) is 30.5 Å². The fourth-order valence-electron chi connectivity index (χ4n) is 2.12. The van der Waals surface area contributed by atoms with Crippen LogP contribution in [0.15, 0.2) is 24.3 Å². The molecule has 1 aliphatic rings. The van der Waals surface area contributed by atoms with E-state index in [9.17, 15) is 0 Å². The lowest BCUT2D eigenvalue weighted by molar-refractivity contribution is 0.215. The van der Waals surface area contributed by atoms with Gasteiger partial charge in [0, 0.05) is 13.6 Å². The van der Waals surface area contributed by atoms with Crippen molar-refractivity contribution < 1.29 is 4.74 Å². The fourth-order valence-corrected chi connectivity index (χ4v) is 2.12. The molecule has 5 heteroatoms. The van der Waals surface area contributed by atoms with Crippen LogP contribution in [0.3, 0.4) is 0 Å². The largest absolute Gasteiger partial charge is 0.470 e. The molecule has 0 amide bonds. The first-order valence-electron chi connectivity index (χ1n) is 6.19. The SMILES string of the molecule is CNc1nc2ccccc2nc1O[C@H]1CCNC1. The molecule has 0 bridgehead atoms. The van der Waals surface area contributed by atoms with E-state index < -0.39 is 0 Å². The highest BCUT2D eigenvalue weighted by Gasteiger charge is 2.19. The molecule has 5 nitrogen and oxygen atoms in total. The lowest BCUT2D eigenvalue weighted by atomic mass is 10.3. The predicted molar refractivity (Wildman–Crippen MR) is 71.0 cm³/mol.